The zero-order chi connectivity index (χ0) is 18.1. The number of amides is 1. The summed E-state index contributed by atoms with van der Waals surface area (Å²) in [7, 11) is 0. The molecule has 2 aromatic carbocycles. The van der Waals surface area contributed by atoms with Crippen LogP contribution in [0, 0.1) is 0 Å². The molecule has 7 heteroatoms. The maximum absolute atomic E-state index is 12.5. The summed E-state index contributed by atoms with van der Waals surface area (Å²) in [6.45, 7) is 0. The van der Waals surface area contributed by atoms with Crippen LogP contribution in [0.15, 0.2) is 67.1 Å². The molecule has 0 spiro atoms. The second kappa shape index (κ2) is 6.78. The van der Waals surface area contributed by atoms with E-state index in [1.165, 1.54) is 6.07 Å². The highest BCUT2D eigenvalue weighted by Crippen LogP contribution is 2.24. The summed E-state index contributed by atoms with van der Waals surface area (Å²) in [5, 5.41) is 3.63. The monoisotopic (exact) mass is 382 g/mol. The molecule has 0 aliphatic heterocycles. The Bertz CT molecular complexity index is 1090. The zero-order valence-corrected chi connectivity index (χ0v) is 14.9. The lowest BCUT2D eigenvalue weighted by Crippen LogP contribution is -2.12. The maximum atomic E-state index is 12.5. The first-order chi connectivity index (χ1) is 12.6. The second-order valence-corrected chi connectivity index (χ2v) is 6.46. The number of nitrogens with one attached hydrogen (secondary N) is 1. The normalized spacial score (nSPS) is 10.8. The van der Waals surface area contributed by atoms with Gasteiger partial charge < -0.3 is 5.32 Å². The van der Waals surface area contributed by atoms with Crippen LogP contribution in [-0.4, -0.2) is 20.3 Å². The molecule has 0 fully saturated rings. The summed E-state index contributed by atoms with van der Waals surface area (Å²) in [4.78, 5) is 21.2. The average molecular weight is 383 g/mol. The smallest absolute Gasteiger partial charge is 0.257 e. The van der Waals surface area contributed by atoms with Crippen molar-refractivity contribution in [2.75, 3.05) is 5.32 Å². The maximum Gasteiger partial charge on any atom is 0.257 e. The number of hydrogen-bond donors (Lipinski definition) is 1. The quantitative estimate of drug-likeness (QED) is 0.544. The molecule has 0 bridgehead atoms. The van der Waals surface area contributed by atoms with E-state index >= 15 is 0 Å². The highest BCUT2D eigenvalue weighted by Gasteiger charge is 2.12. The molecular formula is C19H12Cl2N4O. The molecule has 0 aliphatic carbocycles. The van der Waals surface area contributed by atoms with Crippen LogP contribution in [0.25, 0.3) is 17.0 Å². The zero-order valence-electron chi connectivity index (χ0n) is 13.4. The van der Waals surface area contributed by atoms with Crippen LogP contribution in [0.4, 0.5) is 5.69 Å². The third-order valence-corrected chi connectivity index (χ3v) is 4.38. The Hall–Kier alpha value is -2.89. The molecule has 2 aromatic heterocycles. The van der Waals surface area contributed by atoms with Crippen LogP contribution < -0.4 is 5.32 Å². The van der Waals surface area contributed by atoms with E-state index < -0.39 is 0 Å². The lowest BCUT2D eigenvalue weighted by atomic mass is 10.1. The van der Waals surface area contributed by atoms with E-state index in [9.17, 15) is 4.79 Å². The number of benzene rings is 2. The predicted octanol–water partition coefficient (Wildman–Crippen LogP) is 4.96. The Morgan fingerprint density at radius 2 is 1.96 bits per heavy atom. The Balaban J connectivity index is 1.62. The molecule has 5 nitrogen and oxygen atoms in total. The number of halogens is 2. The number of fused-ring (bicyclic) bond motifs is 1. The van der Waals surface area contributed by atoms with Crippen molar-refractivity contribution < 1.29 is 4.79 Å². The molecule has 128 valence electrons. The van der Waals surface area contributed by atoms with Gasteiger partial charge in [0.1, 0.15) is 0 Å². The van der Waals surface area contributed by atoms with Crippen molar-refractivity contribution in [3.8, 4) is 11.3 Å². The van der Waals surface area contributed by atoms with Gasteiger partial charge in [-0.15, -0.1) is 0 Å². The van der Waals surface area contributed by atoms with Gasteiger partial charge >= 0.3 is 0 Å². The number of rotatable bonds is 3. The van der Waals surface area contributed by atoms with Crippen molar-refractivity contribution in [1.82, 2.24) is 14.4 Å². The topological polar surface area (TPSA) is 59.3 Å². The number of anilines is 1. The average Bonchev–Trinajstić information content (AvgIpc) is 3.06. The molecule has 4 rings (SSSR count). The summed E-state index contributed by atoms with van der Waals surface area (Å²) in [6.07, 6.45) is 5.46. The van der Waals surface area contributed by atoms with E-state index in [0.29, 0.717) is 27.1 Å². The molecule has 0 saturated carbocycles. The van der Waals surface area contributed by atoms with Crippen LogP contribution in [0.3, 0.4) is 0 Å². The van der Waals surface area contributed by atoms with E-state index in [4.69, 9.17) is 23.2 Å². The van der Waals surface area contributed by atoms with E-state index in [-0.39, 0.29) is 5.91 Å². The molecule has 26 heavy (non-hydrogen) atoms. The number of imidazole rings is 1. The number of aromatic nitrogens is 3. The number of carbonyl (C=O) groups excluding carboxylic acids is 1. The number of nitrogens with zero attached hydrogens (tertiary/aromatic N) is 3. The first kappa shape index (κ1) is 16.6. The fourth-order valence-corrected chi connectivity index (χ4v) is 3.09. The van der Waals surface area contributed by atoms with Crippen LogP contribution in [0.5, 0.6) is 0 Å². The molecule has 0 saturated heterocycles. The standard InChI is InChI=1S/C19H12Cl2N4O/c20-13-5-6-15(16(21)10-13)18(26)23-14-4-1-3-12(9-14)17-11-25-8-2-7-22-19(25)24-17/h1-11H,(H,23,26). The molecule has 0 radical (unpaired) electrons. The second-order valence-electron chi connectivity index (χ2n) is 5.61. The van der Waals surface area contributed by atoms with Crippen molar-refractivity contribution in [1.29, 1.82) is 0 Å². The third-order valence-electron chi connectivity index (χ3n) is 3.83. The molecular weight excluding hydrogens is 371 g/mol. The minimum Gasteiger partial charge on any atom is -0.322 e. The molecule has 0 atom stereocenters. The van der Waals surface area contributed by atoms with E-state index in [2.05, 4.69) is 15.3 Å². The van der Waals surface area contributed by atoms with Gasteiger partial charge in [0.15, 0.2) is 0 Å². The van der Waals surface area contributed by atoms with Crippen molar-refractivity contribution >= 4 is 40.6 Å². The van der Waals surface area contributed by atoms with Crippen LogP contribution in [0.1, 0.15) is 10.4 Å². The number of carbonyl (C=O) groups is 1. The Labute approximate surface area is 159 Å². The minimum atomic E-state index is -0.305. The first-order valence-corrected chi connectivity index (χ1v) is 8.52. The van der Waals surface area contributed by atoms with Gasteiger partial charge in [-0.05, 0) is 36.4 Å². The van der Waals surface area contributed by atoms with Gasteiger partial charge in [-0.3, -0.25) is 9.20 Å². The molecule has 0 unspecified atom stereocenters. The van der Waals surface area contributed by atoms with Crippen molar-refractivity contribution in [2.45, 2.75) is 0 Å². The lowest BCUT2D eigenvalue weighted by Gasteiger charge is -2.08. The van der Waals surface area contributed by atoms with Crippen LogP contribution in [0.2, 0.25) is 10.0 Å². The summed E-state index contributed by atoms with van der Waals surface area (Å²) in [5.74, 6) is 0.311. The van der Waals surface area contributed by atoms with E-state index in [0.717, 1.165) is 11.3 Å². The van der Waals surface area contributed by atoms with Gasteiger partial charge in [0.05, 0.1) is 16.3 Å². The van der Waals surface area contributed by atoms with E-state index in [1.807, 2.05) is 41.1 Å². The van der Waals surface area contributed by atoms with Gasteiger partial charge in [0.25, 0.3) is 5.91 Å². The SMILES string of the molecule is O=C(Nc1cccc(-c2cn3cccnc3n2)c1)c1ccc(Cl)cc1Cl. The number of hydrogen-bond acceptors (Lipinski definition) is 3. The molecule has 1 N–H and O–H groups in total. The summed E-state index contributed by atoms with van der Waals surface area (Å²) >= 11 is 12.0. The fourth-order valence-electron chi connectivity index (χ4n) is 2.60. The Kier molecular flexibility index (Phi) is 4.32. The molecule has 1 amide bonds. The van der Waals surface area contributed by atoms with Gasteiger partial charge in [0.2, 0.25) is 5.78 Å². The highest BCUT2D eigenvalue weighted by molar-refractivity contribution is 6.37. The Morgan fingerprint density at radius 3 is 2.77 bits per heavy atom. The summed E-state index contributed by atoms with van der Waals surface area (Å²) < 4.78 is 1.84. The minimum absolute atomic E-state index is 0.303. The van der Waals surface area contributed by atoms with Crippen LogP contribution in [-0.2, 0) is 0 Å². The Morgan fingerprint density at radius 1 is 1.08 bits per heavy atom. The van der Waals surface area contributed by atoms with Crippen molar-refractivity contribution in [3.63, 3.8) is 0 Å². The van der Waals surface area contributed by atoms with Crippen molar-refractivity contribution in [2.24, 2.45) is 0 Å². The summed E-state index contributed by atoms with van der Waals surface area (Å²) in [6, 6.07) is 14.0. The first-order valence-electron chi connectivity index (χ1n) is 7.77. The largest absolute Gasteiger partial charge is 0.322 e. The van der Waals surface area contributed by atoms with Gasteiger partial charge in [-0.2, -0.15) is 0 Å². The summed E-state index contributed by atoms with van der Waals surface area (Å²) in [5.41, 5.74) is 2.64. The van der Waals surface area contributed by atoms with Gasteiger partial charge in [-0.25, -0.2) is 9.97 Å². The molecule has 0 aliphatic rings. The predicted molar refractivity (Wildman–Crippen MR) is 103 cm³/mol. The fraction of sp³-hybridized carbons (Fsp3) is 0. The van der Waals surface area contributed by atoms with Gasteiger partial charge in [-0.1, -0.05) is 35.3 Å². The lowest BCUT2D eigenvalue weighted by molar-refractivity contribution is 0.102. The van der Waals surface area contributed by atoms with Crippen molar-refractivity contribution in [3.05, 3.63) is 82.7 Å². The third kappa shape index (κ3) is 3.27. The van der Waals surface area contributed by atoms with E-state index in [1.54, 1.807) is 24.4 Å². The van der Waals surface area contributed by atoms with Gasteiger partial charge in [0, 0.05) is 34.9 Å². The van der Waals surface area contributed by atoms with Crippen LogP contribution >= 0.6 is 23.2 Å². The molecule has 2 heterocycles. The highest BCUT2D eigenvalue weighted by atomic mass is 35.5. The molecule has 4 aromatic rings.